The Morgan fingerprint density at radius 2 is 1.83 bits per heavy atom. The monoisotopic (exact) mass is 325 g/mol. The number of para-hydroxylation sites is 1. The van der Waals surface area contributed by atoms with Crippen LogP contribution in [0.1, 0.15) is 42.5 Å². The lowest BCUT2D eigenvalue weighted by atomic mass is 10.1. The summed E-state index contributed by atoms with van der Waals surface area (Å²) in [6.07, 6.45) is 0.994. The number of aryl methyl sites for hydroxylation is 4. The molecule has 0 saturated heterocycles. The standard InChI is InChI=1S/C21H27NO2/c1-6-17-10-8-9-16(5)20(17)22-21(23)18(7-2)24-19-13-14(3)11-12-15(19)4/h8-13,18H,6-7H2,1-5H3,(H,22,23). The molecule has 3 heteroatoms. The second-order valence-corrected chi connectivity index (χ2v) is 6.24. The largest absolute Gasteiger partial charge is 0.480 e. The Kier molecular flexibility index (Phi) is 6.02. The van der Waals surface area contributed by atoms with Gasteiger partial charge in [0.1, 0.15) is 5.75 Å². The van der Waals surface area contributed by atoms with Crippen molar-refractivity contribution in [3.05, 3.63) is 58.7 Å². The summed E-state index contributed by atoms with van der Waals surface area (Å²) in [5.41, 5.74) is 5.29. The maximum Gasteiger partial charge on any atom is 0.265 e. The fraction of sp³-hybridized carbons (Fsp3) is 0.381. The first-order chi connectivity index (χ1) is 11.5. The van der Waals surface area contributed by atoms with Crippen LogP contribution in [0, 0.1) is 20.8 Å². The van der Waals surface area contributed by atoms with Gasteiger partial charge in [0, 0.05) is 5.69 Å². The molecule has 1 atom stereocenters. The summed E-state index contributed by atoms with van der Waals surface area (Å²) in [5, 5.41) is 3.07. The van der Waals surface area contributed by atoms with Gasteiger partial charge in [0.05, 0.1) is 0 Å². The summed E-state index contributed by atoms with van der Waals surface area (Å²) in [6.45, 7) is 10.1. The van der Waals surface area contributed by atoms with E-state index in [1.807, 2.05) is 58.0 Å². The first-order valence-electron chi connectivity index (χ1n) is 8.59. The Bertz CT molecular complexity index is 722. The summed E-state index contributed by atoms with van der Waals surface area (Å²) in [6, 6.07) is 12.1. The van der Waals surface area contributed by atoms with Gasteiger partial charge in [0.2, 0.25) is 0 Å². The molecule has 0 aliphatic carbocycles. The molecule has 0 bridgehead atoms. The van der Waals surface area contributed by atoms with E-state index in [1.54, 1.807) is 0 Å². The number of benzene rings is 2. The van der Waals surface area contributed by atoms with Crippen molar-refractivity contribution in [2.45, 2.75) is 53.6 Å². The van der Waals surface area contributed by atoms with E-state index >= 15 is 0 Å². The van der Waals surface area contributed by atoms with Crippen LogP contribution < -0.4 is 10.1 Å². The lowest BCUT2D eigenvalue weighted by molar-refractivity contribution is -0.122. The van der Waals surface area contributed by atoms with E-state index in [2.05, 4.69) is 18.3 Å². The highest BCUT2D eigenvalue weighted by atomic mass is 16.5. The SMILES string of the molecule is CCc1cccc(C)c1NC(=O)C(CC)Oc1cc(C)ccc1C. The Morgan fingerprint density at radius 3 is 2.50 bits per heavy atom. The molecule has 3 nitrogen and oxygen atoms in total. The second-order valence-electron chi connectivity index (χ2n) is 6.24. The number of nitrogens with one attached hydrogen (secondary N) is 1. The highest BCUT2D eigenvalue weighted by molar-refractivity contribution is 5.95. The van der Waals surface area contributed by atoms with E-state index in [9.17, 15) is 4.79 Å². The Labute approximate surface area is 145 Å². The Morgan fingerprint density at radius 1 is 1.08 bits per heavy atom. The normalized spacial score (nSPS) is 11.9. The van der Waals surface area contributed by atoms with E-state index in [4.69, 9.17) is 4.74 Å². The van der Waals surface area contributed by atoms with Gasteiger partial charge in [-0.1, -0.05) is 44.2 Å². The van der Waals surface area contributed by atoms with Crippen LogP contribution in [0.4, 0.5) is 5.69 Å². The fourth-order valence-electron chi connectivity index (χ4n) is 2.72. The first-order valence-corrected chi connectivity index (χ1v) is 8.59. The molecule has 24 heavy (non-hydrogen) atoms. The third-order valence-corrected chi connectivity index (χ3v) is 4.26. The van der Waals surface area contributed by atoms with Gasteiger partial charge in [0.15, 0.2) is 6.10 Å². The van der Waals surface area contributed by atoms with Gasteiger partial charge < -0.3 is 10.1 Å². The quantitative estimate of drug-likeness (QED) is 0.814. The highest BCUT2D eigenvalue weighted by Crippen LogP contribution is 2.24. The fourth-order valence-corrected chi connectivity index (χ4v) is 2.72. The molecule has 0 radical (unpaired) electrons. The van der Waals surface area contributed by atoms with Gasteiger partial charge in [-0.05, 0) is 61.9 Å². The topological polar surface area (TPSA) is 38.3 Å². The van der Waals surface area contributed by atoms with Crippen LogP contribution in [0.15, 0.2) is 36.4 Å². The Balaban J connectivity index is 2.19. The Hall–Kier alpha value is -2.29. The summed E-state index contributed by atoms with van der Waals surface area (Å²) in [4.78, 5) is 12.7. The number of hydrogen-bond acceptors (Lipinski definition) is 2. The van der Waals surface area contributed by atoms with Gasteiger partial charge >= 0.3 is 0 Å². The zero-order valence-electron chi connectivity index (χ0n) is 15.3. The molecule has 0 aliphatic rings. The van der Waals surface area contributed by atoms with Crippen LogP contribution >= 0.6 is 0 Å². The molecular formula is C21H27NO2. The first kappa shape index (κ1) is 18.1. The van der Waals surface area contributed by atoms with E-state index in [0.29, 0.717) is 6.42 Å². The molecule has 2 aromatic rings. The highest BCUT2D eigenvalue weighted by Gasteiger charge is 2.21. The smallest absolute Gasteiger partial charge is 0.265 e. The molecule has 2 aromatic carbocycles. The van der Waals surface area contributed by atoms with Gasteiger partial charge in [-0.25, -0.2) is 0 Å². The summed E-state index contributed by atoms with van der Waals surface area (Å²) >= 11 is 0. The van der Waals surface area contributed by atoms with Crippen molar-refractivity contribution in [2.75, 3.05) is 5.32 Å². The van der Waals surface area contributed by atoms with Crippen LogP contribution in [0.2, 0.25) is 0 Å². The van der Waals surface area contributed by atoms with Gasteiger partial charge in [-0.15, -0.1) is 0 Å². The van der Waals surface area contributed by atoms with E-state index in [-0.39, 0.29) is 5.91 Å². The number of hydrogen-bond donors (Lipinski definition) is 1. The average molecular weight is 325 g/mol. The third kappa shape index (κ3) is 4.16. The third-order valence-electron chi connectivity index (χ3n) is 4.26. The van der Waals surface area contributed by atoms with E-state index in [0.717, 1.165) is 40.1 Å². The minimum atomic E-state index is -0.505. The lowest BCUT2D eigenvalue weighted by Gasteiger charge is -2.20. The summed E-state index contributed by atoms with van der Waals surface area (Å²) in [5.74, 6) is 0.680. The van der Waals surface area contributed by atoms with Crippen LogP contribution in [0.25, 0.3) is 0 Å². The summed E-state index contributed by atoms with van der Waals surface area (Å²) in [7, 11) is 0. The summed E-state index contributed by atoms with van der Waals surface area (Å²) < 4.78 is 6.01. The van der Waals surface area contributed by atoms with Crippen LogP contribution in [-0.2, 0) is 11.2 Å². The van der Waals surface area contributed by atoms with Crippen molar-refractivity contribution in [1.29, 1.82) is 0 Å². The number of ether oxygens (including phenoxy) is 1. The van der Waals surface area contributed by atoms with Crippen molar-refractivity contribution in [2.24, 2.45) is 0 Å². The molecule has 2 rings (SSSR count). The molecule has 0 aromatic heterocycles. The molecule has 0 spiro atoms. The number of carbonyl (C=O) groups excluding carboxylic acids is 1. The van der Waals surface area contributed by atoms with E-state index < -0.39 is 6.10 Å². The molecule has 0 heterocycles. The van der Waals surface area contributed by atoms with Gasteiger partial charge in [-0.2, -0.15) is 0 Å². The van der Waals surface area contributed by atoms with Crippen molar-refractivity contribution in [3.8, 4) is 5.75 Å². The average Bonchev–Trinajstić information content (AvgIpc) is 2.57. The van der Waals surface area contributed by atoms with Crippen LogP contribution in [0.3, 0.4) is 0 Å². The van der Waals surface area contributed by atoms with Crippen molar-refractivity contribution in [1.82, 2.24) is 0 Å². The molecular weight excluding hydrogens is 298 g/mol. The number of rotatable bonds is 6. The molecule has 0 saturated carbocycles. The van der Waals surface area contributed by atoms with Crippen LogP contribution in [-0.4, -0.2) is 12.0 Å². The number of anilines is 1. The zero-order chi connectivity index (χ0) is 17.7. The van der Waals surface area contributed by atoms with Crippen molar-refractivity contribution in [3.63, 3.8) is 0 Å². The van der Waals surface area contributed by atoms with Crippen LogP contribution in [0.5, 0.6) is 5.75 Å². The molecule has 0 fully saturated rings. The predicted molar refractivity (Wildman–Crippen MR) is 99.8 cm³/mol. The van der Waals surface area contributed by atoms with Crippen molar-refractivity contribution < 1.29 is 9.53 Å². The second kappa shape index (κ2) is 8.00. The van der Waals surface area contributed by atoms with Gasteiger partial charge in [0.25, 0.3) is 5.91 Å². The number of carbonyl (C=O) groups is 1. The van der Waals surface area contributed by atoms with Gasteiger partial charge in [-0.3, -0.25) is 4.79 Å². The predicted octanol–water partition coefficient (Wildman–Crippen LogP) is 4.97. The number of amides is 1. The molecule has 0 aliphatic heterocycles. The zero-order valence-corrected chi connectivity index (χ0v) is 15.3. The minimum Gasteiger partial charge on any atom is -0.480 e. The lowest BCUT2D eigenvalue weighted by Crippen LogP contribution is -2.33. The molecule has 1 unspecified atom stereocenters. The van der Waals surface area contributed by atoms with Crippen molar-refractivity contribution >= 4 is 11.6 Å². The maximum absolute atomic E-state index is 12.7. The van der Waals surface area contributed by atoms with E-state index in [1.165, 1.54) is 0 Å². The maximum atomic E-state index is 12.7. The molecule has 1 amide bonds. The molecule has 128 valence electrons. The molecule has 1 N–H and O–H groups in total. The minimum absolute atomic E-state index is 0.0950.